The lowest BCUT2D eigenvalue weighted by Crippen LogP contribution is -2.56. The molecule has 1 amide bonds. The Balaban J connectivity index is 1.60. The van der Waals surface area contributed by atoms with E-state index in [0.29, 0.717) is 18.0 Å². The molecule has 9 heteroatoms. The van der Waals surface area contributed by atoms with E-state index >= 15 is 0 Å². The third-order valence-corrected chi connectivity index (χ3v) is 6.24. The van der Waals surface area contributed by atoms with Gasteiger partial charge in [-0.2, -0.15) is 0 Å². The van der Waals surface area contributed by atoms with Gasteiger partial charge < -0.3 is 10.6 Å². The maximum absolute atomic E-state index is 12.0. The highest BCUT2D eigenvalue weighted by Gasteiger charge is 2.46. The fraction of sp³-hybridized carbons (Fsp3) is 0.353. The zero-order valence-corrected chi connectivity index (χ0v) is 16.1. The number of anilines is 1. The van der Waals surface area contributed by atoms with E-state index in [0.717, 1.165) is 27.9 Å². The van der Waals surface area contributed by atoms with Crippen LogP contribution in [0.15, 0.2) is 30.5 Å². The van der Waals surface area contributed by atoms with Crippen LogP contribution in [-0.4, -0.2) is 58.1 Å². The fourth-order valence-corrected chi connectivity index (χ4v) is 4.35. The molecule has 1 aliphatic rings. The number of carbonyl (C=O) groups is 1. The Labute approximate surface area is 160 Å². The van der Waals surface area contributed by atoms with Gasteiger partial charge in [-0.15, -0.1) is 5.10 Å². The zero-order valence-electron chi connectivity index (χ0n) is 14.5. The SMILES string of the molecule is CN(C)C1(C(N)=O)CCN(c2nn3cc(-c4ccc(Cl)cc4)nc3s2)C1. The summed E-state index contributed by atoms with van der Waals surface area (Å²) in [6.45, 7) is 1.28. The number of benzene rings is 1. The minimum Gasteiger partial charge on any atom is -0.368 e. The average Bonchev–Trinajstić information content (AvgIpc) is 3.28. The summed E-state index contributed by atoms with van der Waals surface area (Å²) in [4.78, 5) is 21.5. The van der Waals surface area contributed by atoms with Crippen molar-refractivity contribution in [1.82, 2.24) is 19.5 Å². The second-order valence-electron chi connectivity index (χ2n) is 6.71. The molecule has 2 N–H and O–H groups in total. The van der Waals surface area contributed by atoms with E-state index in [1.54, 1.807) is 4.52 Å². The molecule has 1 aromatic carbocycles. The van der Waals surface area contributed by atoms with Gasteiger partial charge in [-0.05, 0) is 32.6 Å². The van der Waals surface area contributed by atoms with Crippen LogP contribution in [-0.2, 0) is 4.79 Å². The van der Waals surface area contributed by atoms with E-state index in [9.17, 15) is 4.79 Å². The largest absolute Gasteiger partial charge is 0.368 e. The van der Waals surface area contributed by atoms with Gasteiger partial charge in [-0.1, -0.05) is 35.1 Å². The van der Waals surface area contributed by atoms with Crippen LogP contribution in [0.3, 0.4) is 0 Å². The van der Waals surface area contributed by atoms with Gasteiger partial charge >= 0.3 is 0 Å². The number of nitrogens with two attached hydrogens (primary N) is 1. The predicted molar refractivity (Wildman–Crippen MR) is 104 cm³/mol. The van der Waals surface area contributed by atoms with Crippen molar-refractivity contribution in [2.45, 2.75) is 12.0 Å². The third kappa shape index (κ3) is 2.74. The average molecular weight is 391 g/mol. The normalized spacial score (nSPS) is 20.4. The Morgan fingerprint density at radius 2 is 2.08 bits per heavy atom. The molecule has 0 aliphatic carbocycles. The lowest BCUT2D eigenvalue weighted by atomic mass is 9.96. The molecule has 4 rings (SSSR count). The number of primary amides is 1. The molecule has 0 saturated carbocycles. The number of hydrogen-bond donors (Lipinski definition) is 1. The topological polar surface area (TPSA) is 79.8 Å². The van der Waals surface area contributed by atoms with Crippen molar-refractivity contribution in [3.05, 3.63) is 35.5 Å². The Morgan fingerprint density at radius 3 is 2.65 bits per heavy atom. The van der Waals surface area contributed by atoms with E-state index in [1.807, 2.05) is 49.5 Å². The smallest absolute Gasteiger partial charge is 0.239 e. The Morgan fingerprint density at radius 1 is 1.35 bits per heavy atom. The van der Waals surface area contributed by atoms with Crippen molar-refractivity contribution >= 4 is 38.9 Å². The van der Waals surface area contributed by atoms with Gasteiger partial charge in [0, 0.05) is 23.7 Å². The number of aromatic nitrogens is 3. The zero-order chi connectivity index (χ0) is 18.5. The molecule has 7 nitrogen and oxygen atoms in total. The van der Waals surface area contributed by atoms with Crippen LogP contribution >= 0.6 is 22.9 Å². The van der Waals surface area contributed by atoms with Crippen molar-refractivity contribution in [3.8, 4) is 11.3 Å². The molecular weight excluding hydrogens is 372 g/mol. The molecule has 1 unspecified atom stereocenters. The summed E-state index contributed by atoms with van der Waals surface area (Å²) in [5.41, 5.74) is 6.87. The second kappa shape index (κ2) is 6.22. The quantitative estimate of drug-likeness (QED) is 0.738. The van der Waals surface area contributed by atoms with E-state index in [-0.39, 0.29) is 5.91 Å². The third-order valence-electron chi connectivity index (χ3n) is 5.01. The van der Waals surface area contributed by atoms with Crippen molar-refractivity contribution in [3.63, 3.8) is 0 Å². The molecule has 0 bridgehead atoms. The summed E-state index contributed by atoms with van der Waals surface area (Å²) in [6, 6.07) is 7.57. The Kier molecular flexibility index (Phi) is 4.13. The van der Waals surface area contributed by atoms with Crippen molar-refractivity contribution in [1.29, 1.82) is 0 Å². The summed E-state index contributed by atoms with van der Waals surface area (Å²) in [6.07, 6.45) is 2.59. The number of imidazole rings is 1. The highest BCUT2D eigenvalue weighted by Crippen LogP contribution is 2.33. The molecule has 136 valence electrons. The van der Waals surface area contributed by atoms with Crippen LogP contribution in [0.5, 0.6) is 0 Å². The highest BCUT2D eigenvalue weighted by atomic mass is 35.5. The van der Waals surface area contributed by atoms with Gasteiger partial charge in [0.15, 0.2) is 0 Å². The van der Waals surface area contributed by atoms with Crippen molar-refractivity contribution in [2.75, 3.05) is 32.1 Å². The molecule has 26 heavy (non-hydrogen) atoms. The van der Waals surface area contributed by atoms with Gasteiger partial charge in [0.1, 0.15) is 5.54 Å². The van der Waals surface area contributed by atoms with E-state index < -0.39 is 5.54 Å². The summed E-state index contributed by atoms with van der Waals surface area (Å²) < 4.78 is 1.78. The Hall–Kier alpha value is -2.16. The molecule has 0 radical (unpaired) electrons. The predicted octanol–water partition coefficient (Wildman–Crippen LogP) is 2.11. The van der Waals surface area contributed by atoms with Crippen LogP contribution in [0.25, 0.3) is 16.2 Å². The number of amides is 1. The molecule has 1 saturated heterocycles. The van der Waals surface area contributed by atoms with Gasteiger partial charge in [0.2, 0.25) is 16.0 Å². The summed E-state index contributed by atoms with van der Waals surface area (Å²) >= 11 is 7.45. The number of carbonyl (C=O) groups excluding carboxylic acids is 1. The van der Waals surface area contributed by atoms with Gasteiger partial charge in [-0.25, -0.2) is 9.50 Å². The monoisotopic (exact) mass is 390 g/mol. The van der Waals surface area contributed by atoms with E-state index in [1.165, 1.54) is 11.3 Å². The van der Waals surface area contributed by atoms with Crippen molar-refractivity contribution in [2.24, 2.45) is 5.73 Å². The fourth-order valence-electron chi connectivity index (χ4n) is 3.32. The standard InChI is InChI=1S/C17H19ClN6OS/c1-22(2)17(14(19)25)7-8-23(10-17)16-21-24-9-13(20-15(24)26-16)11-3-5-12(18)6-4-11/h3-6,9H,7-8,10H2,1-2H3,(H2,19,25). The van der Waals surface area contributed by atoms with E-state index in [4.69, 9.17) is 17.3 Å². The molecule has 1 fully saturated rings. The minimum atomic E-state index is -0.651. The first kappa shape index (κ1) is 17.3. The maximum atomic E-state index is 12.0. The lowest BCUT2D eigenvalue weighted by Gasteiger charge is -2.32. The number of halogens is 1. The lowest BCUT2D eigenvalue weighted by molar-refractivity contribution is -0.127. The maximum Gasteiger partial charge on any atom is 0.239 e. The Bertz CT molecular complexity index is 934. The number of likely N-dealkylation sites (N-methyl/N-ethyl adjacent to an activating group) is 1. The molecule has 1 aliphatic heterocycles. The summed E-state index contributed by atoms with van der Waals surface area (Å²) in [7, 11) is 3.78. The molecule has 3 aromatic rings. The first-order chi connectivity index (χ1) is 12.4. The number of hydrogen-bond acceptors (Lipinski definition) is 6. The number of nitrogens with zero attached hydrogens (tertiary/aromatic N) is 5. The summed E-state index contributed by atoms with van der Waals surface area (Å²) in [5, 5.41) is 6.19. The van der Waals surface area contributed by atoms with Crippen LogP contribution in [0.1, 0.15) is 6.42 Å². The van der Waals surface area contributed by atoms with Crippen LogP contribution in [0.4, 0.5) is 5.13 Å². The first-order valence-corrected chi connectivity index (χ1v) is 9.43. The van der Waals surface area contributed by atoms with Gasteiger partial charge in [0.25, 0.3) is 0 Å². The van der Waals surface area contributed by atoms with Crippen LogP contribution < -0.4 is 10.6 Å². The molecule has 0 spiro atoms. The number of fused-ring (bicyclic) bond motifs is 1. The number of rotatable bonds is 4. The molecule has 3 heterocycles. The first-order valence-electron chi connectivity index (χ1n) is 8.23. The second-order valence-corrected chi connectivity index (χ2v) is 8.08. The highest BCUT2D eigenvalue weighted by molar-refractivity contribution is 7.20. The van der Waals surface area contributed by atoms with Crippen LogP contribution in [0.2, 0.25) is 5.02 Å². The molecular formula is C17H19ClN6OS. The van der Waals surface area contributed by atoms with Crippen LogP contribution in [0, 0.1) is 0 Å². The summed E-state index contributed by atoms with van der Waals surface area (Å²) in [5.74, 6) is -0.295. The van der Waals surface area contributed by atoms with E-state index in [2.05, 4.69) is 15.0 Å². The molecule has 2 aromatic heterocycles. The molecule has 1 atom stereocenters. The van der Waals surface area contributed by atoms with Gasteiger partial charge in [0.05, 0.1) is 11.9 Å². The van der Waals surface area contributed by atoms with Gasteiger partial charge in [-0.3, -0.25) is 9.69 Å². The minimum absolute atomic E-state index is 0.295. The van der Waals surface area contributed by atoms with Crippen molar-refractivity contribution < 1.29 is 4.79 Å².